The first-order valence-electron chi connectivity index (χ1n) is 13.6. The molecule has 0 unspecified atom stereocenters. The molecule has 206 valence electrons. The third kappa shape index (κ3) is 7.39. The smallest absolute Gasteiger partial charge is 0.391 e. The zero-order chi connectivity index (χ0) is 27.2. The zero-order valence-electron chi connectivity index (χ0n) is 22.6. The minimum atomic E-state index is -0.404. The Bertz CT molecular complexity index is 1250. The summed E-state index contributed by atoms with van der Waals surface area (Å²) < 4.78 is 7.49. The third-order valence-electron chi connectivity index (χ3n) is 7.43. The van der Waals surface area contributed by atoms with E-state index in [2.05, 4.69) is 27.1 Å². The van der Waals surface area contributed by atoms with E-state index >= 15 is 0 Å². The number of anilines is 1. The van der Waals surface area contributed by atoms with Gasteiger partial charge in [-0.25, -0.2) is 14.8 Å². The first kappa shape index (κ1) is 27.2. The van der Waals surface area contributed by atoms with Crippen LogP contribution in [0.1, 0.15) is 48.5 Å². The molecule has 3 aromatic rings. The molecule has 2 aromatic heterocycles. The molecule has 1 aromatic carbocycles. The standard InChI is InChI=1S/C29H36N6O3S/c1-21-9-14-34(15-10-21)20-22-3-5-23(6-4-22)27(36)32-24-7-8-26(31-19-24)38-29(37)35-16-11-25(12-17-35)39-28-30-13-18-33(28)2/h3-8,13,18-19,21,25H,9-12,14-17,20H2,1-2H3,(H,32,36). The van der Waals surface area contributed by atoms with Crippen LogP contribution in [0.2, 0.25) is 0 Å². The van der Waals surface area contributed by atoms with E-state index < -0.39 is 6.09 Å². The van der Waals surface area contributed by atoms with Crippen molar-refractivity contribution in [2.24, 2.45) is 13.0 Å². The summed E-state index contributed by atoms with van der Waals surface area (Å²) in [6.07, 6.45) is 9.09. The van der Waals surface area contributed by atoms with Crippen LogP contribution >= 0.6 is 11.8 Å². The van der Waals surface area contributed by atoms with E-state index in [1.165, 1.54) is 24.6 Å². The Kier molecular flexibility index (Phi) is 8.83. The van der Waals surface area contributed by atoms with Crippen molar-refractivity contribution >= 4 is 29.4 Å². The molecule has 5 rings (SSSR count). The molecule has 0 spiro atoms. The normalized spacial score (nSPS) is 17.2. The number of likely N-dealkylation sites (tertiary alicyclic amines) is 2. The Morgan fingerprint density at radius 2 is 1.74 bits per heavy atom. The van der Waals surface area contributed by atoms with Crippen LogP contribution in [0.5, 0.6) is 5.88 Å². The predicted molar refractivity (Wildman–Crippen MR) is 152 cm³/mol. The number of benzene rings is 1. The van der Waals surface area contributed by atoms with Gasteiger partial charge in [0, 0.05) is 56.0 Å². The fourth-order valence-corrected chi connectivity index (χ4v) is 5.98. The second-order valence-electron chi connectivity index (χ2n) is 10.5. The van der Waals surface area contributed by atoms with Gasteiger partial charge in [0.05, 0.1) is 11.9 Å². The van der Waals surface area contributed by atoms with E-state index in [-0.39, 0.29) is 11.8 Å². The number of pyridine rings is 1. The highest BCUT2D eigenvalue weighted by atomic mass is 32.2. The average molecular weight is 549 g/mol. The maximum atomic E-state index is 12.7. The third-order valence-corrected chi connectivity index (χ3v) is 8.84. The van der Waals surface area contributed by atoms with Crippen molar-refractivity contribution in [2.75, 3.05) is 31.5 Å². The van der Waals surface area contributed by atoms with Crippen LogP contribution in [-0.4, -0.2) is 67.8 Å². The summed E-state index contributed by atoms with van der Waals surface area (Å²) in [4.78, 5) is 38.1. The molecule has 4 heterocycles. The quantitative estimate of drug-likeness (QED) is 0.441. The van der Waals surface area contributed by atoms with Gasteiger partial charge in [-0.05, 0) is 68.5 Å². The lowest BCUT2D eigenvalue weighted by atomic mass is 9.99. The maximum Gasteiger partial charge on any atom is 0.416 e. The fraction of sp³-hybridized carbons (Fsp3) is 0.448. The second-order valence-corrected chi connectivity index (χ2v) is 11.8. The van der Waals surface area contributed by atoms with Crippen LogP contribution < -0.4 is 10.1 Å². The van der Waals surface area contributed by atoms with Crippen molar-refractivity contribution in [3.05, 3.63) is 66.1 Å². The lowest BCUT2D eigenvalue weighted by molar-refractivity contribution is 0.102. The Balaban J connectivity index is 1.06. The van der Waals surface area contributed by atoms with Gasteiger partial charge in [-0.1, -0.05) is 30.8 Å². The largest absolute Gasteiger partial charge is 0.416 e. The summed E-state index contributed by atoms with van der Waals surface area (Å²) in [5.41, 5.74) is 2.34. The highest BCUT2D eigenvalue weighted by molar-refractivity contribution is 7.99. The summed E-state index contributed by atoms with van der Waals surface area (Å²) >= 11 is 1.75. The number of nitrogens with one attached hydrogen (secondary N) is 1. The number of carbonyl (C=O) groups excluding carboxylic acids is 2. The molecule has 1 N–H and O–H groups in total. The van der Waals surface area contributed by atoms with Gasteiger partial charge in [0.1, 0.15) is 0 Å². The number of amides is 2. The predicted octanol–water partition coefficient (Wildman–Crippen LogP) is 5.05. The Morgan fingerprint density at radius 3 is 2.38 bits per heavy atom. The fourth-order valence-electron chi connectivity index (χ4n) is 4.88. The molecule has 2 aliphatic rings. The van der Waals surface area contributed by atoms with E-state index in [0.29, 0.717) is 29.6 Å². The van der Waals surface area contributed by atoms with Crippen molar-refractivity contribution in [3.63, 3.8) is 0 Å². The molecule has 2 saturated heterocycles. The molecule has 2 aliphatic heterocycles. The summed E-state index contributed by atoms with van der Waals surface area (Å²) in [7, 11) is 1.99. The lowest BCUT2D eigenvalue weighted by Crippen LogP contribution is -2.41. The van der Waals surface area contributed by atoms with Crippen molar-refractivity contribution in [1.29, 1.82) is 0 Å². The van der Waals surface area contributed by atoms with Gasteiger partial charge in [0.15, 0.2) is 5.16 Å². The molecule has 39 heavy (non-hydrogen) atoms. The average Bonchev–Trinajstić information content (AvgIpc) is 3.35. The number of rotatable bonds is 7. The van der Waals surface area contributed by atoms with Gasteiger partial charge in [-0.3, -0.25) is 9.69 Å². The van der Waals surface area contributed by atoms with E-state index in [0.717, 1.165) is 43.6 Å². The molecular formula is C29H36N6O3S. The van der Waals surface area contributed by atoms with E-state index in [4.69, 9.17) is 4.74 Å². The Morgan fingerprint density at radius 1 is 1.00 bits per heavy atom. The minimum Gasteiger partial charge on any atom is -0.391 e. The molecule has 9 nitrogen and oxygen atoms in total. The number of carbonyl (C=O) groups is 2. The molecule has 10 heteroatoms. The van der Waals surface area contributed by atoms with E-state index in [1.807, 2.05) is 42.1 Å². The topological polar surface area (TPSA) is 92.6 Å². The number of piperidine rings is 2. The van der Waals surface area contributed by atoms with Crippen LogP contribution in [0.25, 0.3) is 0 Å². The van der Waals surface area contributed by atoms with Gasteiger partial charge in [0.2, 0.25) is 5.88 Å². The maximum absolute atomic E-state index is 12.7. The van der Waals surface area contributed by atoms with Crippen molar-refractivity contribution < 1.29 is 14.3 Å². The first-order chi connectivity index (χ1) is 18.9. The Hall–Kier alpha value is -3.37. The minimum absolute atomic E-state index is 0.203. The van der Waals surface area contributed by atoms with Gasteiger partial charge in [-0.15, -0.1) is 0 Å². The Labute approximate surface area is 233 Å². The number of aromatic nitrogens is 3. The summed E-state index contributed by atoms with van der Waals surface area (Å²) in [5, 5.41) is 4.28. The van der Waals surface area contributed by atoms with Crippen LogP contribution in [0, 0.1) is 5.92 Å². The number of nitrogens with zero attached hydrogens (tertiary/aromatic N) is 5. The van der Waals surface area contributed by atoms with Crippen LogP contribution in [0.15, 0.2) is 60.1 Å². The highest BCUT2D eigenvalue weighted by Gasteiger charge is 2.26. The SMILES string of the molecule is CC1CCN(Cc2ccc(C(=O)Nc3ccc(OC(=O)N4CCC(Sc5nccn5C)CC4)nc3)cc2)CC1. The summed E-state index contributed by atoms with van der Waals surface area (Å²) in [6, 6.07) is 11.0. The number of hydrogen-bond acceptors (Lipinski definition) is 7. The molecule has 0 radical (unpaired) electrons. The summed E-state index contributed by atoms with van der Waals surface area (Å²) in [5.74, 6) is 0.818. The van der Waals surface area contributed by atoms with Gasteiger partial charge >= 0.3 is 6.09 Å². The number of thioether (sulfide) groups is 1. The molecule has 2 amide bonds. The highest BCUT2D eigenvalue weighted by Crippen LogP contribution is 2.29. The first-order valence-corrected chi connectivity index (χ1v) is 14.5. The van der Waals surface area contributed by atoms with E-state index in [9.17, 15) is 9.59 Å². The lowest BCUT2D eigenvalue weighted by Gasteiger charge is -2.30. The van der Waals surface area contributed by atoms with E-state index in [1.54, 1.807) is 35.0 Å². The van der Waals surface area contributed by atoms with Crippen LogP contribution in [-0.2, 0) is 13.6 Å². The van der Waals surface area contributed by atoms with Gasteiger partial charge < -0.3 is 19.5 Å². The van der Waals surface area contributed by atoms with Gasteiger partial charge in [-0.2, -0.15) is 0 Å². The van der Waals surface area contributed by atoms with Gasteiger partial charge in [0.25, 0.3) is 5.91 Å². The molecule has 0 bridgehead atoms. The zero-order valence-corrected chi connectivity index (χ0v) is 23.4. The van der Waals surface area contributed by atoms with Crippen molar-refractivity contribution in [1.82, 2.24) is 24.3 Å². The van der Waals surface area contributed by atoms with Crippen LogP contribution in [0.4, 0.5) is 10.5 Å². The summed E-state index contributed by atoms with van der Waals surface area (Å²) in [6.45, 7) is 6.75. The van der Waals surface area contributed by atoms with Crippen molar-refractivity contribution in [3.8, 4) is 5.88 Å². The molecular weight excluding hydrogens is 512 g/mol. The second kappa shape index (κ2) is 12.7. The monoisotopic (exact) mass is 548 g/mol. The molecule has 0 aliphatic carbocycles. The number of aryl methyl sites for hydroxylation is 1. The van der Waals surface area contributed by atoms with Crippen LogP contribution in [0.3, 0.4) is 0 Å². The molecule has 2 fully saturated rings. The molecule has 0 atom stereocenters. The number of imidazole rings is 1. The number of ether oxygens (including phenoxy) is 1. The van der Waals surface area contributed by atoms with Crippen molar-refractivity contribution in [2.45, 2.75) is 49.6 Å². The number of hydrogen-bond donors (Lipinski definition) is 1. The molecule has 0 saturated carbocycles.